The fourth-order valence-corrected chi connectivity index (χ4v) is 7.52. The molecule has 5 nitrogen and oxygen atoms in total. The van der Waals surface area contributed by atoms with Gasteiger partial charge in [0.05, 0.1) is 0 Å². The van der Waals surface area contributed by atoms with Crippen LogP contribution in [0.3, 0.4) is 0 Å². The second-order valence-corrected chi connectivity index (χ2v) is 13.5. The summed E-state index contributed by atoms with van der Waals surface area (Å²) in [7, 11) is 0. The first-order valence-corrected chi connectivity index (χ1v) is 18.4. The highest BCUT2D eigenvalue weighted by molar-refractivity contribution is 6.15. The maximum absolute atomic E-state index is 6.60. The van der Waals surface area contributed by atoms with Crippen molar-refractivity contribution in [3.63, 3.8) is 0 Å². The molecule has 0 radical (unpaired) electrons. The van der Waals surface area contributed by atoms with Gasteiger partial charge in [-0.2, -0.15) is 0 Å². The average Bonchev–Trinajstić information content (AvgIpc) is 3.82. The molecule has 7 aromatic carbocycles. The molecule has 0 aliphatic heterocycles. The van der Waals surface area contributed by atoms with Crippen LogP contribution in [-0.2, 0) is 0 Å². The Balaban J connectivity index is 1.12. The third kappa shape index (κ3) is 5.79. The minimum Gasteiger partial charge on any atom is -0.456 e. The third-order valence-corrected chi connectivity index (χ3v) is 10.1. The zero-order valence-electron chi connectivity index (χ0n) is 30.0. The van der Waals surface area contributed by atoms with E-state index in [9.17, 15) is 0 Å². The lowest BCUT2D eigenvalue weighted by atomic mass is 9.94. The Morgan fingerprint density at radius 3 is 1.62 bits per heavy atom. The number of fused-ring (bicyclic) bond motifs is 6. The van der Waals surface area contributed by atoms with Gasteiger partial charge in [0.2, 0.25) is 0 Å². The standard InChI is InChI=1S/C50H33N3O2/c1-2-3-6-19-34-30-35(26-28-39(34)50-52-48(32-15-7-4-8-16-32)51-49(53-50)33-17-9-5-10-18-33)37-21-13-25-44-47(37)41-29-27-36(31-45(41)55-44)38-22-14-24-43-46(38)40-20-11-12-23-42(40)54-43/h2-31H,1H3/b3-2-,19-6-. The topological polar surface area (TPSA) is 65.0 Å². The van der Waals surface area contributed by atoms with Crippen molar-refractivity contribution in [3.05, 3.63) is 182 Å². The molecular weight excluding hydrogens is 675 g/mol. The number of furan rings is 2. The van der Waals surface area contributed by atoms with Crippen LogP contribution in [0.15, 0.2) is 185 Å². The van der Waals surface area contributed by atoms with Crippen molar-refractivity contribution in [2.24, 2.45) is 0 Å². The van der Waals surface area contributed by atoms with Gasteiger partial charge in [0.15, 0.2) is 17.5 Å². The summed E-state index contributed by atoms with van der Waals surface area (Å²) in [5.41, 5.74) is 11.5. The molecule has 0 fully saturated rings. The summed E-state index contributed by atoms with van der Waals surface area (Å²) < 4.78 is 12.8. The van der Waals surface area contributed by atoms with Crippen molar-refractivity contribution in [3.8, 4) is 56.4 Å². The SMILES string of the molecule is C/C=C\C=C/c1cc(-c2cccc3oc4cc(-c5cccc6oc7ccccc7c56)ccc4c23)ccc1-c1nc(-c2ccccc2)nc(-c2ccccc2)n1. The molecule has 3 heterocycles. The van der Waals surface area contributed by atoms with Crippen LogP contribution in [0, 0.1) is 0 Å². The van der Waals surface area contributed by atoms with E-state index in [2.05, 4.69) is 84.9 Å². The molecule has 10 aromatic rings. The zero-order chi connectivity index (χ0) is 36.7. The van der Waals surface area contributed by atoms with E-state index in [0.717, 1.165) is 88.4 Å². The van der Waals surface area contributed by atoms with Crippen molar-refractivity contribution < 1.29 is 8.83 Å². The van der Waals surface area contributed by atoms with Crippen molar-refractivity contribution in [2.45, 2.75) is 6.92 Å². The summed E-state index contributed by atoms with van der Waals surface area (Å²) in [6, 6.07) is 53.9. The van der Waals surface area contributed by atoms with E-state index in [0.29, 0.717) is 17.5 Å². The predicted octanol–water partition coefficient (Wildman–Crippen LogP) is 13.6. The summed E-state index contributed by atoms with van der Waals surface area (Å²) in [5, 5.41) is 4.35. The quantitative estimate of drug-likeness (QED) is 0.154. The number of hydrogen-bond acceptors (Lipinski definition) is 5. The second-order valence-electron chi connectivity index (χ2n) is 13.5. The number of nitrogens with zero attached hydrogens (tertiary/aromatic N) is 3. The van der Waals surface area contributed by atoms with Crippen LogP contribution in [0.4, 0.5) is 0 Å². The molecule has 55 heavy (non-hydrogen) atoms. The Kier molecular flexibility index (Phi) is 7.96. The van der Waals surface area contributed by atoms with E-state index in [1.807, 2.05) is 104 Å². The van der Waals surface area contributed by atoms with Crippen molar-refractivity contribution in [2.75, 3.05) is 0 Å². The van der Waals surface area contributed by atoms with Crippen LogP contribution in [0.2, 0.25) is 0 Å². The molecule has 0 unspecified atom stereocenters. The number of rotatable bonds is 7. The molecule has 0 bridgehead atoms. The van der Waals surface area contributed by atoms with Gasteiger partial charge in [0.25, 0.3) is 0 Å². The maximum atomic E-state index is 6.60. The highest BCUT2D eigenvalue weighted by Crippen LogP contribution is 2.42. The monoisotopic (exact) mass is 707 g/mol. The molecule has 0 amide bonds. The molecule has 0 atom stereocenters. The highest BCUT2D eigenvalue weighted by atomic mass is 16.3. The van der Waals surface area contributed by atoms with Gasteiger partial charge >= 0.3 is 0 Å². The minimum absolute atomic E-state index is 0.610. The van der Waals surface area contributed by atoms with Crippen LogP contribution in [-0.4, -0.2) is 15.0 Å². The number of allylic oxidation sites excluding steroid dienone is 3. The lowest BCUT2D eigenvalue weighted by Crippen LogP contribution is -2.01. The van der Waals surface area contributed by atoms with E-state index < -0.39 is 0 Å². The van der Waals surface area contributed by atoms with Gasteiger partial charge < -0.3 is 8.83 Å². The molecule has 0 saturated carbocycles. The maximum Gasteiger partial charge on any atom is 0.164 e. The molecule has 0 saturated heterocycles. The van der Waals surface area contributed by atoms with Gasteiger partial charge in [-0.1, -0.05) is 140 Å². The third-order valence-electron chi connectivity index (χ3n) is 10.1. The summed E-state index contributed by atoms with van der Waals surface area (Å²) in [4.78, 5) is 15.0. The zero-order valence-corrected chi connectivity index (χ0v) is 30.0. The minimum atomic E-state index is 0.610. The molecule has 0 spiro atoms. The first-order chi connectivity index (χ1) is 27.2. The highest BCUT2D eigenvalue weighted by Gasteiger charge is 2.19. The van der Waals surface area contributed by atoms with Crippen LogP contribution in [0.1, 0.15) is 12.5 Å². The largest absolute Gasteiger partial charge is 0.456 e. The van der Waals surface area contributed by atoms with Gasteiger partial charge in [-0.3, -0.25) is 0 Å². The van der Waals surface area contributed by atoms with Crippen molar-refractivity contribution >= 4 is 50.0 Å². The van der Waals surface area contributed by atoms with E-state index in [-0.39, 0.29) is 0 Å². The lowest BCUT2D eigenvalue weighted by molar-refractivity contribution is 0.668. The Morgan fingerprint density at radius 1 is 0.400 bits per heavy atom. The molecule has 0 aliphatic rings. The van der Waals surface area contributed by atoms with Crippen molar-refractivity contribution in [1.29, 1.82) is 0 Å². The number of para-hydroxylation sites is 1. The Bertz CT molecular complexity index is 3040. The normalized spacial score (nSPS) is 11.9. The van der Waals surface area contributed by atoms with E-state index >= 15 is 0 Å². The smallest absolute Gasteiger partial charge is 0.164 e. The molecule has 3 aromatic heterocycles. The molecule has 0 N–H and O–H groups in total. The number of benzene rings is 7. The van der Waals surface area contributed by atoms with Gasteiger partial charge in [-0.05, 0) is 77.2 Å². The van der Waals surface area contributed by atoms with Crippen LogP contribution in [0.5, 0.6) is 0 Å². The predicted molar refractivity (Wildman–Crippen MR) is 225 cm³/mol. The molecular formula is C50H33N3O2. The summed E-state index contributed by atoms with van der Waals surface area (Å²) >= 11 is 0. The van der Waals surface area contributed by atoms with E-state index in [4.69, 9.17) is 23.8 Å². The fourth-order valence-electron chi connectivity index (χ4n) is 7.52. The molecule has 5 heteroatoms. The Labute approximate surface area is 317 Å². The van der Waals surface area contributed by atoms with Gasteiger partial charge in [0.1, 0.15) is 22.3 Å². The van der Waals surface area contributed by atoms with Crippen molar-refractivity contribution in [1.82, 2.24) is 15.0 Å². The fraction of sp³-hybridized carbons (Fsp3) is 0.0200. The van der Waals surface area contributed by atoms with E-state index in [1.165, 1.54) is 0 Å². The lowest BCUT2D eigenvalue weighted by Gasteiger charge is -2.12. The first kappa shape index (κ1) is 32.3. The first-order valence-electron chi connectivity index (χ1n) is 18.4. The number of aromatic nitrogens is 3. The molecule has 260 valence electrons. The van der Waals surface area contributed by atoms with Crippen LogP contribution >= 0.6 is 0 Å². The van der Waals surface area contributed by atoms with E-state index in [1.54, 1.807) is 0 Å². The second kappa shape index (κ2) is 13.6. The summed E-state index contributed by atoms with van der Waals surface area (Å²) in [6.45, 7) is 2.01. The Morgan fingerprint density at radius 2 is 0.945 bits per heavy atom. The number of hydrogen-bond donors (Lipinski definition) is 0. The van der Waals surface area contributed by atoms with Crippen LogP contribution in [0.25, 0.3) is 106 Å². The summed E-state index contributed by atoms with van der Waals surface area (Å²) in [6.07, 6.45) is 8.22. The van der Waals surface area contributed by atoms with Gasteiger partial charge in [-0.25, -0.2) is 15.0 Å². The molecule has 0 aliphatic carbocycles. The average molecular weight is 708 g/mol. The van der Waals surface area contributed by atoms with Gasteiger partial charge in [-0.15, -0.1) is 0 Å². The van der Waals surface area contributed by atoms with Gasteiger partial charge in [0, 0.05) is 38.2 Å². The molecule has 10 rings (SSSR count). The Hall–Kier alpha value is -7.37. The van der Waals surface area contributed by atoms with Crippen LogP contribution < -0.4 is 0 Å². The summed E-state index contributed by atoms with van der Waals surface area (Å²) in [5.74, 6) is 1.87.